The molecular weight excluding hydrogens is 230 g/mol. The van der Waals surface area contributed by atoms with E-state index in [1.54, 1.807) is 0 Å². The van der Waals surface area contributed by atoms with E-state index in [4.69, 9.17) is 4.52 Å². The fraction of sp³-hybridized carbons (Fsp3) is 0.846. The van der Waals surface area contributed by atoms with Gasteiger partial charge >= 0.3 is 0 Å². The first-order chi connectivity index (χ1) is 8.83. The van der Waals surface area contributed by atoms with E-state index >= 15 is 0 Å². The normalized spacial score (nSPS) is 30.5. The van der Waals surface area contributed by atoms with Crippen molar-refractivity contribution in [2.75, 3.05) is 6.54 Å². The molecule has 2 heterocycles. The highest BCUT2D eigenvalue weighted by Gasteiger charge is 2.29. The third-order valence-corrected chi connectivity index (χ3v) is 4.08. The number of hydrogen-bond acceptors (Lipinski definition) is 5. The van der Waals surface area contributed by atoms with Crippen molar-refractivity contribution >= 4 is 0 Å². The van der Waals surface area contributed by atoms with Crippen LogP contribution in [0.25, 0.3) is 0 Å². The molecule has 0 bridgehead atoms. The van der Waals surface area contributed by atoms with E-state index in [9.17, 15) is 5.11 Å². The quantitative estimate of drug-likeness (QED) is 0.786. The van der Waals surface area contributed by atoms with Crippen LogP contribution in [0.15, 0.2) is 4.52 Å². The van der Waals surface area contributed by atoms with Crippen LogP contribution in [0.3, 0.4) is 0 Å². The summed E-state index contributed by atoms with van der Waals surface area (Å²) in [7, 11) is 0. The van der Waals surface area contributed by atoms with E-state index in [-0.39, 0.29) is 12.1 Å². The molecule has 1 aliphatic heterocycles. The van der Waals surface area contributed by atoms with Gasteiger partial charge in [-0.15, -0.1) is 0 Å². The van der Waals surface area contributed by atoms with Crippen LogP contribution in [-0.4, -0.2) is 27.9 Å². The molecule has 2 atom stereocenters. The fourth-order valence-corrected chi connectivity index (χ4v) is 3.00. The fourth-order valence-electron chi connectivity index (χ4n) is 3.00. The Morgan fingerprint density at radius 2 is 1.94 bits per heavy atom. The Balaban J connectivity index is 1.68. The third-order valence-electron chi connectivity index (χ3n) is 4.08. The molecule has 0 radical (unpaired) electrons. The highest BCUT2D eigenvalue weighted by atomic mass is 16.5. The summed E-state index contributed by atoms with van der Waals surface area (Å²) in [6.45, 7) is 0.617. The minimum absolute atomic E-state index is 0.0343. The molecule has 1 aromatic rings. The molecule has 1 aromatic heterocycles. The minimum Gasteiger partial charge on any atom is -0.392 e. The molecule has 18 heavy (non-hydrogen) atoms. The standard InChI is InChI=1S/C13H21N3O2/c17-10-7-11(14-8-10)13-15-12(16-18-13)9-5-3-1-2-4-6-9/h9-11,14,17H,1-8H2/t10-,11-/m0/s1. The Bertz CT molecular complexity index is 385. The first kappa shape index (κ1) is 12.1. The summed E-state index contributed by atoms with van der Waals surface area (Å²) >= 11 is 0. The maximum Gasteiger partial charge on any atom is 0.243 e. The van der Waals surface area contributed by atoms with Gasteiger partial charge in [0.1, 0.15) is 0 Å². The summed E-state index contributed by atoms with van der Waals surface area (Å²) in [5.74, 6) is 1.98. The third kappa shape index (κ3) is 2.57. The van der Waals surface area contributed by atoms with Crippen LogP contribution in [0.2, 0.25) is 0 Å². The molecule has 2 aliphatic rings. The Labute approximate surface area is 107 Å². The molecule has 1 saturated heterocycles. The Kier molecular flexibility index (Phi) is 3.61. The van der Waals surface area contributed by atoms with Gasteiger partial charge in [-0.05, 0) is 19.3 Å². The lowest BCUT2D eigenvalue weighted by Crippen LogP contribution is -2.15. The van der Waals surface area contributed by atoms with Gasteiger partial charge in [0.2, 0.25) is 5.89 Å². The summed E-state index contributed by atoms with van der Waals surface area (Å²) in [6.07, 6.45) is 7.95. The molecule has 0 spiro atoms. The van der Waals surface area contributed by atoms with E-state index < -0.39 is 0 Å². The van der Waals surface area contributed by atoms with Gasteiger partial charge in [-0.2, -0.15) is 4.98 Å². The zero-order chi connectivity index (χ0) is 12.4. The topological polar surface area (TPSA) is 71.2 Å². The Hall–Kier alpha value is -0.940. The van der Waals surface area contributed by atoms with Crippen molar-refractivity contribution in [2.24, 2.45) is 0 Å². The molecule has 2 N–H and O–H groups in total. The summed E-state index contributed by atoms with van der Waals surface area (Å²) in [4.78, 5) is 4.54. The van der Waals surface area contributed by atoms with Gasteiger partial charge in [-0.1, -0.05) is 30.8 Å². The first-order valence-corrected chi connectivity index (χ1v) is 7.08. The number of aliphatic hydroxyl groups excluding tert-OH is 1. The molecule has 1 aliphatic carbocycles. The second-order valence-corrected chi connectivity index (χ2v) is 5.53. The second kappa shape index (κ2) is 5.36. The van der Waals surface area contributed by atoms with Gasteiger partial charge in [0.25, 0.3) is 0 Å². The largest absolute Gasteiger partial charge is 0.392 e. The van der Waals surface area contributed by atoms with Crippen LogP contribution >= 0.6 is 0 Å². The van der Waals surface area contributed by atoms with Crippen molar-refractivity contribution in [1.29, 1.82) is 0 Å². The number of β-amino-alcohol motifs (C(OH)–C–C–N with tert-alkyl or cyclic N) is 1. The summed E-state index contributed by atoms with van der Waals surface area (Å²) in [5, 5.41) is 16.8. The smallest absolute Gasteiger partial charge is 0.243 e. The van der Waals surface area contributed by atoms with Gasteiger partial charge in [-0.25, -0.2) is 0 Å². The van der Waals surface area contributed by atoms with Crippen LogP contribution in [0.1, 0.15) is 68.6 Å². The van der Waals surface area contributed by atoms with Gasteiger partial charge < -0.3 is 14.9 Å². The lowest BCUT2D eigenvalue weighted by molar-refractivity contribution is 0.191. The average molecular weight is 251 g/mol. The highest BCUT2D eigenvalue weighted by Crippen LogP contribution is 2.31. The Morgan fingerprint density at radius 3 is 2.61 bits per heavy atom. The van der Waals surface area contributed by atoms with Crippen molar-refractivity contribution in [3.05, 3.63) is 11.7 Å². The van der Waals surface area contributed by atoms with E-state index in [2.05, 4.69) is 15.5 Å². The molecule has 0 unspecified atom stereocenters. The maximum absolute atomic E-state index is 9.50. The van der Waals surface area contributed by atoms with Crippen LogP contribution in [0.4, 0.5) is 0 Å². The van der Waals surface area contributed by atoms with Crippen molar-refractivity contribution in [3.63, 3.8) is 0 Å². The molecule has 1 saturated carbocycles. The van der Waals surface area contributed by atoms with E-state index in [1.807, 2.05) is 0 Å². The van der Waals surface area contributed by atoms with Crippen molar-refractivity contribution in [3.8, 4) is 0 Å². The predicted octanol–water partition coefficient (Wildman–Crippen LogP) is 1.90. The molecule has 5 heteroatoms. The molecule has 5 nitrogen and oxygen atoms in total. The lowest BCUT2D eigenvalue weighted by Gasteiger charge is -2.07. The number of hydrogen-bond donors (Lipinski definition) is 2. The summed E-state index contributed by atoms with van der Waals surface area (Å²) < 4.78 is 5.36. The maximum atomic E-state index is 9.50. The number of rotatable bonds is 2. The number of nitrogens with one attached hydrogen (secondary N) is 1. The number of aliphatic hydroxyl groups is 1. The van der Waals surface area contributed by atoms with Crippen LogP contribution in [0.5, 0.6) is 0 Å². The van der Waals surface area contributed by atoms with Crippen LogP contribution in [0, 0.1) is 0 Å². The average Bonchev–Trinajstić information content (AvgIpc) is 2.92. The van der Waals surface area contributed by atoms with Crippen molar-refractivity contribution < 1.29 is 9.63 Å². The Morgan fingerprint density at radius 1 is 1.17 bits per heavy atom. The van der Waals surface area contributed by atoms with Gasteiger partial charge in [0.15, 0.2) is 5.82 Å². The predicted molar refractivity (Wildman–Crippen MR) is 66.1 cm³/mol. The first-order valence-electron chi connectivity index (χ1n) is 7.08. The highest BCUT2D eigenvalue weighted by molar-refractivity contribution is 5.01. The van der Waals surface area contributed by atoms with Crippen molar-refractivity contribution in [1.82, 2.24) is 15.5 Å². The zero-order valence-corrected chi connectivity index (χ0v) is 10.6. The number of aromatic nitrogens is 2. The lowest BCUT2D eigenvalue weighted by atomic mass is 10.00. The SMILES string of the molecule is O[C@@H]1CN[C@H](c2nc(C3CCCCCC3)no2)C1. The van der Waals surface area contributed by atoms with Crippen molar-refractivity contribution in [2.45, 2.75) is 63.0 Å². The number of nitrogens with zero attached hydrogens (tertiary/aromatic N) is 2. The molecule has 3 rings (SSSR count). The molecule has 100 valence electrons. The molecule has 2 fully saturated rings. The van der Waals surface area contributed by atoms with E-state index in [0.29, 0.717) is 24.8 Å². The second-order valence-electron chi connectivity index (χ2n) is 5.53. The van der Waals surface area contributed by atoms with Gasteiger partial charge in [-0.3, -0.25) is 0 Å². The summed E-state index contributed by atoms with van der Waals surface area (Å²) in [6, 6.07) is 0.0343. The van der Waals surface area contributed by atoms with E-state index in [0.717, 1.165) is 5.82 Å². The van der Waals surface area contributed by atoms with Crippen LogP contribution < -0.4 is 5.32 Å². The molecule has 0 amide bonds. The zero-order valence-electron chi connectivity index (χ0n) is 10.6. The monoisotopic (exact) mass is 251 g/mol. The van der Waals surface area contributed by atoms with Gasteiger partial charge in [0, 0.05) is 12.5 Å². The van der Waals surface area contributed by atoms with E-state index in [1.165, 1.54) is 38.5 Å². The van der Waals surface area contributed by atoms with Gasteiger partial charge in [0.05, 0.1) is 12.1 Å². The minimum atomic E-state index is -0.289. The summed E-state index contributed by atoms with van der Waals surface area (Å²) in [5.41, 5.74) is 0. The molecular formula is C13H21N3O2. The molecule has 0 aromatic carbocycles. The van der Waals surface area contributed by atoms with Crippen LogP contribution in [-0.2, 0) is 0 Å².